The predicted octanol–water partition coefficient (Wildman–Crippen LogP) is 1.78. The molecule has 0 bridgehead atoms. The molecule has 1 atom stereocenters. The summed E-state index contributed by atoms with van der Waals surface area (Å²) in [6.45, 7) is 9.73. The van der Waals surface area contributed by atoms with Gasteiger partial charge in [-0.3, -0.25) is 14.8 Å². The smallest absolute Gasteiger partial charge is 0.0500 e. The molecule has 0 spiro atoms. The van der Waals surface area contributed by atoms with E-state index in [0.717, 1.165) is 32.7 Å². The second-order valence-electron chi connectivity index (χ2n) is 4.81. The highest BCUT2D eigenvalue weighted by Crippen LogP contribution is 2.11. The average molecular weight is 251 g/mol. The zero-order valence-corrected chi connectivity index (χ0v) is 11.5. The van der Waals surface area contributed by atoms with Crippen LogP contribution in [0.25, 0.3) is 0 Å². The standard InChI is InChI=1S/C13H21N3S/c1-11-7-13(9-14-8-11)10-15-3-5-16(6-4-15)12(2)17/h7-9,12,17H,3-6,10H2,1-2H3. The third-order valence-corrected chi connectivity index (χ3v) is 3.60. The van der Waals surface area contributed by atoms with Crippen molar-refractivity contribution in [3.8, 4) is 0 Å². The second-order valence-corrected chi connectivity index (χ2v) is 5.56. The number of hydrogen-bond donors (Lipinski definition) is 1. The van der Waals surface area contributed by atoms with Gasteiger partial charge < -0.3 is 0 Å². The molecule has 0 aromatic carbocycles. The number of thiol groups is 1. The molecule has 1 aliphatic heterocycles. The first kappa shape index (κ1) is 12.9. The van der Waals surface area contributed by atoms with Gasteiger partial charge in [0.15, 0.2) is 0 Å². The number of aromatic nitrogens is 1. The lowest BCUT2D eigenvalue weighted by Gasteiger charge is -2.36. The maximum atomic E-state index is 4.48. The SMILES string of the molecule is Cc1cncc(CN2CCN(C(C)S)CC2)c1. The van der Waals surface area contributed by atoms with Crippen LogP contribution in [0.5, 0.6) is 0 Å². The van der Waals surface area contributed by atoms with Crippen LogP contribution in [0, 0.1) is 6.92 Å². The lowest BCUT2D eigenvalue weighted by atomic mass is 10.2. The lowest BCUT2D eigenvalue weighted by Crippen LogP contribution is -2.47. The summed E-state index contributed by atoms with van der Waals surface area (Å²) in [7, 11) is 0. The van der Waals surface area contributed by atoms with Gasteiger partial charge in [0.2, 0.25) is 0 Å². The topological polar surface area (TPSA) is 19.4 Å². The third-order valence-electron chi connectivity index (χ3n) is 3.27. The summed E-state index contributed by atoms with van der Waals surface area (Å²) in [5.41, 5.74) is 2.56. The Hall–Kier alpha value is -0.580. The molecule has 1 unspecified atom stereocenters. The number of hydrogen-bond acceptors (Lipinski definition) is 4. The zero-order valence-electron chi connectivity index (χ0n) is 10.6. The summed E-state index contributed by atoms with van der Waals surface area (Å²) >= 11 is 4.48. The fraction of sp³-hybridized carbons (Fsp3) is 0.615. The van der Waals surface area contributed by atoms with Crippen LogP contribution >= 0.6 is 12.6 Å². The van der Waals surface area contributed by atoms with Gasteiger partial charge in [-0.2, -0.15) is 12.6 Å². The van der Waals surface area contributed by atoms with Crippen molar-refractivity contribution < 1.29 is 0 Å². The van der Waals surface area contributed by atoms with Gasteiger partial charge in [0.05, 0.1) is 0 Å². The molecule has 0 amide bonds. The van der Waals surface area contributed by atoms with Crippen LogP contribution < -0.4 is 0 Å². The Morgan fingerprint density at radius 1 is 1.29 bits per heavy atom. The van der Waals surface area contributed by atoms with Crippen molar-refractivity contribution >= 4 is 12.6 Å². The largest absolute Gasteiger partial charge is 0.296 e. The Morgan fingerprint density at radius 3 is 2.59 bits per heavy atom. The molecule has 0 saturated carbocycles. The number of pyridine rings is 1. The van der Waals surface area contributed by atoms with E-state index in [1.807, 2.05) is 12.4 Å². The van der Waals surface area contributed by atoms with E-state index in [2.05, 4.69) is 47.3 Å². The summed E-state index contributed by atoms with van der Waals surface area (Å²) in [5, 5.41) is 0.373. The summed E-state index contributed by atoms with van der Waals surface area (Å²) < 4.78 is 0. The minimum absolute atomic E-state index is 0.373. The van der Waals surface area contributed by atoms with Crippen LogP contribution in [0.3, 0.4) is 0 Å². The highest BCUT2D eigenvalue weighted by Gasteiger charge is 2.18. The van der Waals surface area contributed by atoms with Crippen LogP contribution in [0.1, 0.15) is 18.1 Å². The van der Waals surface area contributed by atoms with Crippen LogP contribution in [0.15, 0.2) is 18.5 Å². The van der Waals surface area contributed by atoms with Gasteiger partial charge in [0.1, 0.15) is 0 Å². The molecular weight excluding hydrogens is 230 g/mol. The number of piperazine rings is 1. The Balaban J connectivity index is 1.86. The van der Waals surface area contributed by atoms with Gasteiger partial charge in [-0.05, 0) is 25.0 Å². The summed E-state index contributed by atoms with van der Waals surface area (Å²) in [5.74, 6) is 0. The zero-order chi connectivity index (χ0) is 12.3. The molecule has 4 heteroatoms. The minimum Gasteiger partial charge on any atom is -0.296 e. The molecule has 0 aliphatic carbocycles. The molecular formula is C13H21N3S. The molecule has 17 heavy (non-hydrogen) atoms. The normalized spacial score (nSPS) is 20.4. The van der Waals surface area contributed by atoms with E-state index in [1.165, 1.54) is 11.1 Å². The first-order chi connectivity index (χ1) is 8.15. The van der Waals surface area contributed by atoms with Gasteiger partial charge in [0.25, 0.3) is 0 Å². The molecule has 1 fully saturated rings. The second kappa shape index (κ2) is 5.85. The Bertz CT molecular complexity index is 359. The fourth-order valence-electron chi connectivity index (χ4n) is 2.26. The molecule has 1 aromatic heterocycles. The van der Waals surface area contributed by atoms with E-state index >= 15 is 0 Å². The average Bonchev–Trinajstić information content (AvgIpc) is 2.29. The van der Waals surface area contributed by atoms with Crippen molar-refractivity contribution in [1.82, 2.24) is 14.8 Å². The molecule has 0 radical (unpaired) electrons. The van der Waals surface area contributed by atoms with E-state index in [4.69, 9.17) is 0 Å². The molecule has 2 rings (SSSR count). The van der Waals surface area contributed by atoms with Crippen molar-refractivity contribution in [2.75, 3.05) is 26.2 Å². The van der Waals surface area contributed by atoms with E-state index in [9.17, 15) is 0 Å². The van der Waals surface area contributed by atoms with Crippen LogP contribution in [-0.4, -0.2) is 46.3 Å². The van der Waals surface area contributed by atoms with Gasteiger partial charge in [-0.1, -0.05) is 6.07 Å². The molecule has 1 saturated heterocycles. The highest BCUT2D eigenvalue weighted by molar-refractivity contribution is 7.80. The third kappa shape index (κ3) is 3.69. The van der Waals surface area contributed by atoms with Crippen molar-refractivity contribution in [3.05, 3.63) is 29.6 Å². The summed E-state index contributed by atoms with van der Waals surface area (Å²) in [6.07, 6.45) is 3.88. The van der Waals surface area contributed by atoms with Crippen molar-refractivity contribution in [2.24, 2.45) is 0 Å². The molecule has 1 aromatic rings. The summed E-state index contributed by atoms with van der Waals surface area (Å²) in [4.78, 5) is 9.14. The molecule has 3 nitrogen and oxygen atoms in total. The van der Waals surface area contributed by atoms with Gasteiger partial charge in [-0.25, -0.2) is 0 Å². The number of aryl methyl sites for hydroxylation is 1. The van der Waals surface area contributed by atoms with Crippen molar-refractivity contribution in [3.63, 3.8) is 0 Å². The maximum Gasteiger partial charge on any atom is 0.0500 e. The van der Waals surface area contributed by atoms with E-state index < -0.39 is 0 Å². The van der Waals surface area contributed by atoms with Crippen LogP contribution in [0.2, 0.25) is 0 Å². The summed E-state index contributed by atoms with van der Waals surface area (Å²) in [6, 6.07) is 2.22. The highest BCUT2D eigenvalue weighted by atomic mass is 32.1. The van der Waals surface area contributed by atoms with Gasteiger partial charge in [-0.15, -0.1) is 0 Å². The molecule has 94 valence electrons. The van der Waals surface area contributed by atoms with Crippen molar-refractivity contribution in [2.45, 2.75) is 25.8 Å². The van der Waals surface area contributed by atoms with E-state index in [0.29, 0.717) is 5.37 Å². The van der Waals surface area contributed by atoms with E-state index in [1.54, 1.807) is 0 Å². The first-order valence-corrected chi connectivity index (χ1v) is 6.72. The Morgan fingerprint density at radius 2 is 2.00 bits per heavy atom. The fourth-order valence-corrected chi connectivity index (χ4v) is 2.49. The molecule has 1 aliphatic rings. The maximum absolute atomic E-state index is 4.48. The monoisotopic (exact) mass is 251 g/mol. The number of nitrogens with zero attached hydrogens (tertiary/aromatic N) is 3. The lowest BCUT2D eigenvalue weighted by molar-refractivity contribution is 0.123. The Kier molecular flexibility index (Phi) is 4.42. The van der Waals surface area contributed by atoms with Gasteiger partial charge >= 0.3 is 0 Å². The molecule has 2 heterocycles. The number of rotatable bonds is 3. The molecule has 0 N–H and O–H groups in total. The minimum atomic E-state index is 0.373. The quantitative estimate of drug-likeness (QED) is 0.827. The predicted molar refractivity (Wildman–Crippen MR) is 74.3 cm³/mol. The van der Waals surface area contributed by atoms with E-state index in [-0.39, 0.29) is 0 Å². The van der Waals surface area contributed by atoms with Crippen molar-refractivity contribution in [1.29, 1.82) is 0 Å². The van der Waals surface area contributed by atoms with Gasteiger partial charge in [0, 0.05) is 50.5 Å². The Labute approximate surface area is 109 Å². The van der Waals surface area contributed by atoms with Crippen LogP contribution in [-0.2, 0) is 6.54 Å². The van der Waals surface area contributed by atoms with Crippen LogP contribution in [0.4, 0.5) is 0 Å². The first-order valence-electron chi connectivity index (χ1n) is 6.20.